The van der Waals surface area contributed by atoms with Crippen molar-refractivity contribution in [3.05, 3.63) is 35.3 Å². The lowest BCUT2D eigenvalue weighted by Crippen LogP contribution is -2.48. The zero-order valence-electron chi connectivity index (χ0n) is 22.3. The summed E-state index contributed by atoms with van der Waals surface area (Å²) >= 11 is 0. The Kier molecular flexibility index (Phi) is 8.66. The van der Waals surface area contributed by atoms with Crippen LogP contribution in [0.15, 0.2) is 22.7 Å². The van der Waals surface area contributed by atoms with Gasteiger partial charge in [0.2, 0.25) is 11.5 Å². The average Bonchev–Trinajstić information content (AvgIpc) is 3.21. The van der Waals surface area contributed by atoms with Crippen molar-refractivity contribution in [2.24, 2.45) is 5.92 Å². The van der Waals surface area contributed by atoms with Crippen LogP contribution in [0.25, 0.3) is 0 Å². The van der Waals surface area contributed by atoms with Gasteiger partial charge in [-0.05, 0) is 36.8 Å². The predicted molar refractivity (Wildman–Crippen MR) is 134 cm³/mol. The summed E-state index contributed by atoms with van der Waals surface area (Å²) in [6.07, 6.45) is -4.11. The SMILES string of the molecule is CC1CCCN(c2nc(C(F)(F)F)c(C(=O)Cc3ccc(N4CCCN(C(=O)C(O)C(C)(F)F)CC4)nc3)o2)C1. The first-order chi connectivity index (χ1) is 18.7. The summed E-state index contributed by atoms with van der Waals surface area (Å²) in [5.41, 5.74) is -0.976. The summed E-state index contributed by atoms with van der Waals surface area (Å²) in [5.74, 6) is -5.55. The molecule has 0 radical (unpaired) electrons. The molecule has 2 aliphatic rings. The number of halogens is 5. The maximum atomic E-state index is 13.7. The molecule has 14 heteroatoms. The lowest BCUT2D eigenvalue weighted by Gasteiger charge is -2.29. The number of pyridine rings is 1. The number of oxazole rings is 1. The highest BCUT2D eigenvalue weighted by molar-refractivity contribution is 5.96. The van der Waals surface area contributed by atoms with Crippen molar-refractivity contribution in [2.75, 3.05) is 49.1 Å². The topological polar surface area (TPSA) is 103 Å². The maximum Gasteiger partial charge on any atom is 0.437 e. The monoisotopic (exact) mass is 573 g/mol. The molecule has 0 saturated carbocycles. The molecular weight excluding hydrogens is 541 g/mol. The van der Waals surface area contributed by atoms with Gasteiger partial charge in [-0.25, -0.2) is 13.8 Å². The number of aliphatic hydroxyl groups is 1. The molecule has 1 amide bonds. The third kappa shape index (κ3) is 6.88. The fourth-order valence-corrected chi connectivity index (χ4v) is 4.92. The van der Waals surface area contributed by atoms with Crippen molar-refractivity contribution in [3.63, 3.8) is 0 Å². The van der Waals surface area contributed by atoms with Gasteiger partial charge < -0.3 is 24.2 Å². The normalized spacial score (nSPS) is 19.9. The van der Waals surface area contributed by atoms with Crippen molar-refractivity contribution < 1.29 is 41.1 Å². The molecule has 2 saturated heterocycles. The largest absolute Gasteiger partial charge is 0.437 e. The van der Waals surface area contributed by atoms with Gasteiger partial charge in [0.15, 0.2) is 11.8 Å². The van der Waals surface area contributed by atoms with Gasteiger partial charge in [0.1, 0.15) is 5.82 Å². The Labute approximate surface area is 228 Å². The summed E-state index contributed by atoms with van der Waals surface area (Å²) in [5, 5.41) is 9.64. The van der Waals surface area contributed by atoms with Crippen molar-refractivity contribution in [3.8, 4) is 0 Å². The molecule has 40 heavy (non-hydrogen) atoms. The Hall–Kier alpha value is -3.29. The van der Waals surface area contributed by atoms with Crippen molar-refractivity contribution in [1.29, 1.82) is 0 Å². The number of aliphatic hydroxyl groups excluding tert-OH is 1. The second-order valence-electron chi connectivity index (χ2n) is 10.5. The molecule has 4 heterocycles. The van der Waals surface area contributed by atoms with E-state index in [-0.39, 0.29) is 38.0 Å². The number of aromatic nitrogens is 2. The fraction of sp³-hybridized carbons (Fsp3) is 0.615. The molecule has 2 aromatic heterocycles. The number of alkyl halides is 5. The number of hydrogen-bond donors (Lipinski definition) is 1. The second kappa shape index (κ2) is 11.7. The number of amides is 1. The lowest BCUT2D eigenvalue weighted by molar-refractivity contribution is -0.160. The Balaban J connectivity index is 1.42. The minimum absolute atomic E-state index is 0.0950. The van der Waals surface area contributed by atoms with E-state index in [0.717, 1.165) is 12.8 Å². The molecule has 2 fully saturated rings. The van der Waals surface area contributed by atoms with E-state index in [1.807, 2.05) is 11.8 Å². The van der Waals surface area contributed by atoms with Crippen LogP contribution in [-0.4, -0.2) is 83.0 Å². The van der Waals surface area contributed by atoms with Gasteiger partial charge in [0.25, 0.3) is 17.8 Å². The van der Waals surface area contributed by atoms with E-state index in [1.165, 1.54) is 11.1 Å². The molecule has 9 nitrogen and oxygen atoms in total. The van der Waals surface area contributed by atoms with E-state index in [0.29, 0.717) is 44.4 Å². The molecule has 0 aliphatic carbocycles. The number of anilines is 2. The molecule has 0 aromatic carbocycles. The first kappa shape index (κ1) is 29.7. The fourth-order valence-electron chi connectivity index (χ4n) is 4.92. The van der Waals surface area contributed by atoms with Crippen LogP contribution >= 0.6 is 0 Å². The number of nitrogens with zero attached hydrogens (tertiary/aromatic N) is 5. The molecule has 2 unspecified atom stereocenters. The minimum atomic E-state index is -4.86. The molecule has 0 bridgehead atoms. The number of rotatable bonds is 7. The van der Waals surface area contributed by atoms with Gasteiger partial charge in [0, 0.05) is 58.8 Å². The van der Waals surface area contributed by atoms with E-state index in [1.54, 1.807) is 17.0 Å². The summed E-state index contributed by atoms with van der Waals surface area (Å²) in [6, 6.07) is 2.95. The van der Waals surface area contributed by atoms with Gasteiger partial charge in [-0.2, -0.15) is 18.2 Å². The number of hydrogen-bond acceptors (Lipinski definition) is 8. The number of ketones is 1. The van der Waals surface area contributed by atoms with Crippen molar-refractivity contribution in [1.82, 2.24) is 14.9 Å². The smallest absolute Gasteiger partial charge is 0.420 e. The second-order valence-corrected chi connectivity index (χ2v) is 10.5. The Morgan fingerprint density at radius 1 is 1.07 bits per heavy atom. The summed E-state index contributed by atoms with van der Waals surface area (Å²) in [6.45, 7) is 4.46. The Morgan fingerprint density at radius 3 is 2.42 bits per heavy atom. The first-order valence-electron chi connectivity index (χ1n) is 13.1. The van der Waals surface area contributed by atoms with E-state index < -0.39 is 41.3 Å². The van der Waals surface area contributed by atoms with E-state index in [2.05, 4.69) is 9.97 Å². The van der Waals surface area contributed by atoms with Crippen LogP contribution in [0.1, 0.15) is 54.9 Å². The van der Waals surface area contributed by atoms with E-state index >= 15 is 0 Å². The highest BCUT2D eigenvalue weighted by Gasteiger charge is 2.42. The van der Waals surface area contributed by atoms with Gasteiger partial charge in [-0.3, -0.25) is 9.59 Å². The minimum Gasteiger partial charge on any atom is -0.420 e. The molecule has 2 aliphatic heterocycles. The van der Waals surface area contributed by atoms with Crippen LogP contribution in [0.2, 0.25) is 0 Å². The summed E-state index contributed by atoms with van der Waals surface area (Å²) < 4.78 is 73.2. The van der Waals surface area contributed by atoms with Gasteiger partial charge in [-0.1, -0.05) is 13.0 Å². The van der Waals surface area contributed by atoms with Crippen LogP contribution in [-0.2, 0) is 17.4 Å². The molecular formula is C26H32F5N5O4. The quantitative estimate of drug-likeness (QED) is 0.394. The molecule has 0 spiro atoms. The Morgan fingerprint density at radius 2 is 1.80 bits per heavy atom. The van der Waals surface area contributed by atoms with Crippen LogP contribution in [0.5, 0.6) is 0 Å². The molecule has 2 atom stereocenters. The van der Waals surface area contributed by atoms with E-state index in [9.17, 15) is 36.6 Å². The van der Waals surface area contributed by atoms with Crippen molar-refractivity contribution in [2.45, 2.75) is 57.7 Å². The highest BCUT2D eigenvalue weighted by Crippen LogP contribution is 2.35. The lowest BCUT2D eigenvalue weighted by atomic mass is 10.0. The van der Waals surface area contributed by atoms with Gasteiger partial charge in [0.05, 0.1) is 0 Å². The number of carbonyl (C=O) groups excluding carboxylic acids is 2. The van der Waals surface area contributed by atoms with Crippen LogP contribution in [0.4, 0.5) is 33.8 Å². The summed E-state index contributed by atoms with van der Waals surface area (Å²) in [7, 11) is 0. The summed E-state index contributed by atoms with van der Waals surface area (Å²) in [4.78, 5) is 37.7. The predicted octanol–water partition coefficient (Wildman–Crippen LogP) is 3.80. The number of Topliss-reactive ketones (excluding diaryl/α,β-unsaturated/α-hetero) is 1. The zero-order valence-corrected chi connectivity index (χ0v) is 22.3. The van der Waals surface area contributed by atoms with Crippen LogP contribution in [0, 0.1) is 5.92 Å². The molecule has 2 aromatic rings. The van der Waals surface area contributed by atoms with Crippen LogP contribution < -0.4 is 9.80 Å². The number of piperidine rings is 1. The third-order valence-corrected chi connectivity index (χ3v) is 7.08. The third-order valence-electron chi connectivity index (χ3n) is 7.08. The molecule has 1 N–H and O–H groups in total. The highest BCUT2D eigenvalue weighted by atomic mass is 19.4. The average molecular weight is 574 g/mol. The first-order valence-corrected chi connectivity index (χ1v) is 13.1. The Bertz CT molecular complexity index is 1200. The number of carbonyl (C=O) groups is 2. The van der Waals surface area contributed by atoms with Crippen molar-refractivity contribution >= 4 is 23.5 Å². The standard InChI is InChI=1S/C26H32F5N5O4/c1-16-5-3-8-36(15-16)24-33-21(26(29,30)31)20(40-24)18(37)13-17-6-7-19(32-14-17)34-9-4-10-35(12-11-34)23(39)22(38)25(2,27)28/h6-7,14,16,22,38H,3-5,8-13,15H2,1-2H3. The molecule has 220 valence electrons. The maximum absolute atomic E-state index is 13.7. The van der Waals surface area contributed by atoms with Gasteiger partial charge in [-0.15, -0.1) is 0 Å². The van der Waals surface area contributed by atoms with Crippen LogP contribution in [0.3, 0.4) is 0 Å². The van der Waals surface area contributed by atoms with Gasteiger partial charge >= 0.3 is 6.18 Å². The zero-order chi connectivity index (χ0) is 29.2. The molecule has 4 rings (SSSR count). The van der Waals surface area contributed by atoms with E-state index in [4.69, 9.17) is 4.42 Å².